The van der Waals surface area contributed by atoms with Gasteiger partial charge in [0.2, 0.25) is 0 Å². The van der Waals surface area contributed by atoms with Crippen LogP contribution in [0.1, 0.15) is 13.3 Å². The molecule has 0 heterocycles. The van der Waals surface area contributed by atoms with E-state index in [2.05, 4.69) is 4.74 Å². The number of hydrogen-bond donors (Lipinski definition) is 1. The highest BCUT2D eigenvalue weighted by Gasteiger charge is 2.41. The molecule has 3 nitrogen and oxygen atoms in total. The molecule has 1 amide bonds. The summed E-state index contributed by atoms with van der Waals surface area (Å²) >= 11 is 0. The summed E-state index contributed by atoms with van der Waals surface area (Å²) in [4.78, 5) is 11.0. The maximum Gasteiger partial charge on any atom is 0.482 e. The SMILES string of the molecule is CCCNC(=O)C(F)(F)Oc1ccc(F)cc1. The molecule has 0 aliphatic rings. The Balaban J connectivity index is 2.65. The molecule has 0 aromatic heterocycles. The Morgan fingerprint density at radius 2 is 1.94 bits per heavy atom. The fourth-order valence-corrected chi connectivity index (χ4v) is 1.04. The van der Waals surface area contributed by atoms with Crippen LogP contribution in [0.3, 0.4) is 0 Å². The van der Waals surface area contributed by atoms with Crippen molar-refractivity contribution < 1.29 is 22.7 Å². The molecule has 0 saturated carbocycles. The zero-order chi connectivity index (χ0) is 12.9. The van der Waals surface area contributed by atoms with Crippen molar-refractivity contribution in [2.45, 2.75) is 19.5 Å². The van der Waals surface area contributed by atoms with Crippen molar-refractivity contribution in [3.63, 3.8) is 0 Å². The molecule has 1 rings (SSSR count). The maximum atomic E-state index is 13.2. The minimum atomic E-state index is -3.97. The van der Waals surface area contributed by atoms with Gasteiger partial charge in [-0.05, 0) is 30.7 Å². The van der Waals surface area contributed by atoms with E-state index in [1.54, 1.807) is 6.92 Å². The van der Waals surface area contributed by atoms with E-state index >= 15 is 0 Å². The molecule has 0 bridgehead atoms. The van der Waals surface area contributed by atoms with Gasteiger partial charge in [0.15, 0.2) is 0 Å². The summed E-state index contributed by atoms with van der Waals surface area (Å²) in [6.07, 6.45) is -3.43. The van der Waals surface area contributed by atoms with Crippen LogP contribution in [-0.4, -0.2) is 18.6 Å². The highest BCUT2D eigenvalue weighted by molar-refractivity contribution is 5.82. The van der Waals surface area contributed by atoms with E-state index in [0.29, 0.717) is 6.42 Å². The molecule has 1 aromatic carbocycles. The third-order valence-corrected chi connectivity index (χ3v) is 1.86. The van der Waals surface area contributed by atoms with Gasteiger partial charge in [-0.3, -0.25) is 4.79 Å². The van der Waals surface area contributed by atoms with Crippen LogP contribution in [0.15, 0.2) is 24.3 Å². The Morgan fingerprint density at radius 3 is 2.47 bits per heavy atom. The van der Waals surface area contributed by atoms with E-state index < -0.39 is 17.8 Å². The summed E-state index contributed by atoms with van der Waals surface area (Å²) < 4.78 is 43.1. The van der Waals surface area contributed by atoms with Crippen molar-refractivity contribution >= 4 is 5.91 Å². The molecule has 0 spiro atoms. The van der Waals surface area contributed by atoms with Crippen molar-refractivity contribution in [3.05, 3.63) is 30.1 Å². The standard InChI is InChI=1S/C11H12F3NO2/c1-2-7-15-10(16)11(13,14)17-9-5-3-8(12)4-6-9/h3-6H,2,7H2,1H3,(H,15,16). The average molecular weight is 247 g/mol. The topological polar surface area (TPSA) is 38.3 Å². The molecule has 0 aliphatic heterocycles. The van der Waals surface area contributed by atoms with Crippen LogP contribution in [0, 0.1) is 5.82 Å². The van der Waals surface area contributed by atoms with Gasteiger partial charge in [0.05, 0.1) is 0 Å². The Labute approximate surface area is 96.6 Å². The molecule has 0 aliphatic carbocycles. The first-order chi connectivity index (χ1) is 7.95. The number of halogens is 3. The first kappa shape index (κ1) is 13.3. The Hall–Kier alpha value is -1.72. The van der Waals surface area contributed by atoms with E-state index in [0.717, 1.165) is 24.3 Å². The van der Waals surface area contributed by atoms with Crippen molar-refractivity contribution in [2.75, 3.05) is 6.54 Å². The number of ether oxygens (including phenoxy) is 1. The largest absolute Gasteiger partial charge is 0.482 e. The van der Waals surface area contributed by atoms with Crippen LogP contribution in [0.25, 0.3) is 0 Å². The predicted octanol–water partition coefficient (Wildman–Crippen LogP) is 2.32. The van der Waals surface area contributed by atoms with Gasteiger partial charge < -0.3 is 10.1 Å². The molecule has 6 heteroatoms. The highest BCUT2D eigenvalue weighted by atomic mass is 19.3. The van der Waals surface area contributed by atoms with Gasteiger partial charge in [0.1, 0.15) is 11.6 Å². The number of carbonyl (C=O) groups excluding carboxylic acids is 1. The summed E-state index contributed by atoms with van der Waals surface area (Å²) in [5, 5.41) is 2.02. The van der Waals surface area contributed by atoms with Crippen molar-refractivity contribution in [2.24, 2.45) is 0 Å². The number of amides is 1. The third-order valence-electron chi connectivity index (χ3n) is 1.86. The lowest BCUT2D eigenvalue weighted by Gasteiger charge is -2.16. The number of carbonyl (C=O) groups is 1. The Bertz CT molecular complexity index is 379. The number of rotatable bonds is 5. The van der Waals surface area contributed by atoms with Gasteiger partial charge in [-0.1, -0.05) is 6.92 Å². The van der Waals surface area contributed by atoms with Crippen LogP contribution >= 0.6 is 0 Å². The lowest BCUT2D eigenvalue weighted by molar-refractivity contribution is -0.192. The molecule has 0 saturated heterocycles. The molecular formula is C11H12F3NO2. The van der Waals surface area contributed by atoms with Crippen molar-refractivity contribution in [3.8, 4) is 5.75 Å². The van der Waals surface area contributed by atoms with Gasteiger partial charge in [-0.15, -0.1) is 0 Å². The van der Waals surface area contributed by atoms with Gasteiger partial charge in [-0.25, -0.2) is 4.39 Å². The third kappa shape index (κ3) is 3.97. The van der Waals surface area contributed by atoms with Gasteiger partial charge >= 0.3 is 12.0 Å². The smallest absolute Gasteiger partial charge is 0.425 e. The molecule has 0 atom stereocenters. The van der Waals surface area contributed by atoms with Gasteiger partial charge in [-0.2, -0.15) is 8.78 Å². The molecule has 0 radical (unpaired) electrons. The summed E-state index contributed by atoms with van der Waals surface area (Å²) in [5.41, 5.74) is 0. The highest BCUT2D eigenvalue weighted by Crippen LogP contribution is 2.21. The van der Waals surface area contributed by atoms with Gasteiger partial charge in [0.25, 0.3) is 0 Å². The number of hydrogen-bond acceptors (Lipinski definition) is 2. The van der Waals surface area contributed by atoms with Crippen LogP contribution in [0.4, 0.5) is 13.2 Å². The molecule has 17 heavy (non-hydrogen) atoms. The van der Waals surface area contributed by atoms with Crippen LogP contribution in [-0.2, 0) is 4.79 Å². The first-order valence-corrected chi connectivity index (χ1v) is 5.06. The summed E-state index contributed by atoms with van der Waals surface area (Å²) in [6.45, 7) is 1.88. The second-order valence-corrected chi connectivity index (χ2v) is 3.33. The van der Waals surface area contributed by atoms with E-state index in [1.807, 2.05) is 5.32 Å². The van der Waals surface area contributed by atoms with Crippen LogP contribution in [0.2, 0.25) is 0 Å². The monoisotopic (exact) mass is 247 g/mol. The molecule has 1 aromatic rings. The minimum Gasteiger partial charge on any atom is -0.425 e. The lowest BCUT2D eigenvalue weighted by atomic mass is 10.3. The van der Waals surface area contributed by atoms with E-state index in [1.165, 1.54) is 0 Å². The minimum absolute atomic E-state index is 0.140. The zero-order valence-corrected chi connectivity index (χ0v) is 9.17. The predicted molar refractivity (Wildman–Crippen MR) is 55.3 cm³/mol. The molecule has 1 N–H and O–H groups in total. The molecule has 0 fully saturated rings. The van der Waals surface area contributed by atoms with E-state index in [9.17, 15) is 18.0 Å². The van der Waals surface area contributed by atoms with E-state index in [-0.39, 0.29) is 12.3 Å². The Kier molecular flexibility index (Phi) is 4.37. The Morgan fingerprint density at radius 1 is 1.35 bits per heavy atom. The summed E-state index contributed by atoms with van der Waals surface area (Å²) in [7, 11) is 0. The van der Waals surface area contributed by atoms with Crippen molar-refractivity contribution in [1.29, 1.82) is 0 Å². The normalized spacial score (nSPS) is 11.1. The van der Waals surface area contributed by atoms with Crippen LogP contribution in [0.5, 0.6) is 5.75 Å². The number of nitrogens with one attached hydrogen (secondary N) is 1. The second-order valence-electron chi connectivity index (χ2n) is 3.33. The van der Waals surface area contributed by atoms with E-state index in [4.69, 9.17) is 0 Å². The average Bonchev–Trinajstić information content (AvgIpc) is 2.28. The van der Waals surface area contributed by atoms with Gasteiger partial charge in [0, 0.05) is 6.54 Å². The van der Waals surface area contributed by atoms with Crippen LogP contribution < -0.4 is 10.1 Å². The molecule has 94 valence electrons. The lowest BCUT2D eigenvalue weighted by Crippen LogP contribution is -2.44. The van der Waals surface area contributed by atoms with Crippen molar-refractivity contribution in [1.82, 2.24) is 5.32 Å². The zero-order valence-electron chi connectivity index (χ0n) is 9.17. The first-order valence-electron chi connectivity index (χ1n) is 5.06. The fraction of sp³-hybridized carbons (Fsp3) is 0.364. The second kappa shape index (κ2) is 5.56. The number of alkyl halides is 2. The molecular weight excluding hydrogens is 235 g/mol. The summed E-state index contributed by atoms with van der Waals surface area (Å²) in [5.74, 6) is -2.36. The molecule has 0 unspecified atom stereocenters. The number of benzene rings is 1. The maximum absolute atomic E-state index is 13.2. The quantitative estimate of drug-likeness (QED) is 0.867. The fourth-order valence-electron chi connectivity index (χ4n) is 1.04. The summed E-state index contributed by atoms with van der Waals surface area (Å²) in [6, 6.07) is 3.98.